The highest BCUT2D eigenvalue weighted by Crippen LogP contribution is 2.37. The molecule has 1 aliphatic rings. The predicted octanol–water partition coefficient (Wildman–Crippen LogP) is 3.02. The number of carbonyl (C=O) groups excluding carboxylic acids is 1. The average molecular weight is 435 g/mol. The number of ether oxygens (including phenoxy) is 1. The van der Waals surface area contributed by atoms with E-state index in [4.69, 9.17) is 4.74 Å². The van der Waals surface area contributed by atoms with Gasteiger partial charge in [-0.15, -0.1) is 0 Å². The normalized spacial score (nSPS) is 19.8. The largest absolute Gasteiger partial charge is 0.469 e. The molecular weight excluding hydrogens is 412 g/mol. The van der Waals surface area contributed by atoms with Crippen LogP contribution in [-0.2, 0) is 29.2 Å². The van der Waals surface area contributed by atoms with Crippen molar-refractivity contribution in [2.75, 3.05) is 7.11 Å². The van der Waals surface area contributed by atoms with Crippen LogP contribution in [0, 0.1) is 11.8 Å². The minimum atomic E-state index is -4.25. The molecule has 6 nitrogen and oxygen atoms in total. The first-order chi connectivity index (χ1) is 13.8. The molecule has 154 valence electrons. The van der Waals surface area contributed by atoms with E-state index in [0.717, 1.165) is 0 Å². The summed E-state index contributed by atoms with van der Waals surface area (Å²) in [6, 6.07) is 15.0. The van der Waals surface area contributed by atoms with E-state index in [-0.39, 0.29) is 16.2 Å². The summed E-state index contributed by atoms with van der Waals surface area (Å²) in [6.07, 6.45) is 3.70. The molecule has 0 aliphatic heterocycles. The third kappa shape index (κ3) is 4.28. The summed E-state index contributed by atoms with van der Waals surface area (Å²) in [7, 11) is -7.25. The molecule has 0 saturated heterocycles. The van der Waals surface area contributed by atoms with Crippen molar-refractivity contribution in [2.45, 2.75) is 27.2 Å². The van der Waals surface area contributed by atoms with E-state index >= 15 is 0 Å². The number of hydrogen-bond acceptors (Lipinski definition) is 6. The Morgan fingerprint density at radius 3 is 1.83 bits per heavy atom. The molecule has 1 aliphatic carbocycles. The molecule has 0 unspecified atom stereocenters. The maximum Gasteiger partial charge on any atom is 0.308 e. The van der Waals surface area contributed by atoms with Crippen molar-refractivity contribution < 1.29 is 26.4 Å². The summed E-state index contributed by atoms with van der Waals surface area (Å²) >= 11 is 0. The van der Waals surface area contributed by atoms with Crippen LogP contribution in [0.1, 0.15) is 12.8 Å². The van der Waals surface area contributed by atoms with Gasteiger partial charge in [0.25, 0.3) is 0 Å². The number of carbonyl (C=O) groups is 1. The first-order valence-electron chi connectivity index (χ1n) is 9.11. The second kappa shape index (κ2) is 8.51. The molecule has 2 atom stereocenters. The smallest absolute Gasteiger partial charge is 0.308 e. The van der Waals surface area contributed by atoms with Gasteiger partial charge in [-0.25, -0.2) is 16.8 Å². The maximum atomic E-state index is 13.5. The predicted molar refractivity (Wildman–Crippen MR) is 108 cm³/mol. The first kappa shape index (κ1) is 21.3. The monoisotopic (exact) mass is 434 g/mol. The lowest BCUT2D eigenvalue weighted by Crippen LogP contribution is -2.39. The van der Waals surface area contributed by atoms with Crippen LogP contribution < -0.4 is 0 Å². The third-order valence-corrected chi connectivity index (χ3v) is 10.3. The maximum absolute atomic E-state index is 13.5. The molecule has 0 heterocycles. The highest BCUT2D eigenvalue weighted by molar-refractivity contribution is 8.09. The van der Waals surface area contributed by atoms with Crippen molar-refractivity contribution in [2.24, 2.45) is 11.8 Å². The van der Waals surface area contributed by atoms with E-state index in [0.29, 0.717) is 6.42 Å². The van der Waals surface area contributed by atoms with Gasteiger partial charge in [-0.05, 0) is 37.1 Å². The lowest BCUT2D eigenvalue weighted by atomic mass is 9.87. The van der Waals surface area contributed by atoms with Crippen LogP contribution in [0.2, 0.25) is 0 Å². The van der Waals surface area contributed by atoms with Crippen LogP contribution in [-0.4, -0.2) is 34.5 Å². The second-order valence-corrected chi connectivity index (χ2v) is 11.3. The van der Waals surface area contributed by atoms with Gasteiger partial charge in [-0.1, -0.05) is 48.6 Å². The molecule has 2 aromatic rings. The summed E-state index contributed by atoms with van der Waals surface area (Å²) in [6.45, 7) is 0. The van der Waals surface area contributed by atoms with Gasteiger partial charge < -0.3 is 4.74 Å². The van der Waals surface area contributed by atoms with Crippen LogP contribution in [0.25, 0.3) is 0 Å². The van der Waals surface area contributed by atoms with E-state index in [2.05, 4.69) is 0 Å². The fourth-order valence-corrected chi connectivity index (χ4v) is 8.53. The van der Waals surface area contributed by atoms with E-state index in [1.54, 1.807) is 48.6 Å². The first-order valence-corrected chi connectivity index (χ1v) is 12.2. The topological polar surface area (TPSA) is 94.6 Å². The van der Waals surface area contributed by atoms with Crippen LogP contribution in [0.5, 0.6) is 0 Å². The van der Waals surface area contributed by atoms with Crippen LogP contribution in [0.15, 0.2) is 82.6 Å². The van der Waals surface area contributed by atoms with Crippen LogP contribution >= 0.6 is 0 Å². The summed E-state index contributed by atoms with van der Waals surface area (Å²) in [4.78, 5) is 11.9. The zero-order valence-electron chi connectivity index (χ0n) is 15.8. The quantitative estimate of drug-likeness (QED) is 0.512. The molecule has 0 amide bonds. The minimum Gasteiger partial charge on any atom is -0.469 e. The Hall–Kier alpha value is -2.45. The minimum absolute atomic E-state index is 0.0712. The van der Waals surface area contributed by atoms with Crippen molar-refractivity contribution in [3.63, 3.8) is 0 Å². The Labute approximate surface area is 171 Å². The van der Waals surface area contributed by atoms with Crippen molar-refractivity contribution in [3.8, 4) is 0 Å². The molecular formula is C21H22O6S2. The van der Waals surface area contributed by atoms with Crippen LogP contribution in [0.3, 0.4) is 0 Å². The summed E-state index contributed by atoms with van der Waals surface area (Å²) < 4.78 is 56.9. The van der Waals surface area contributed by atoms with Crippen molar-refractivity contribution in [1.29, 1.82) is 0 Å². The molecule has 0 bridgehead atoms. The average Bonchev–Trinajstić information content (AvgIpc) is 2.74. The van der Waals surface area contributed by atoms with Crippen molar-refractivity contribution >= 4 is 25.6 Å². The van der Waals surface area contributed by atoms with Crippen molar-refractivity contribution in [1.82, 2.24) is 0 Å². The van der Waals surface area contributed by atoms with E-state index in [1.807, 2.05) is 0 Å². The standard InChI is InChI=1S/C21H22O6S2/c1-27-20(22)16-9-8-10-17(15-16)21(28(23,24)18-11-4-2-5-12-18)29(25,26)19-13-6-3-7-14-19/h2-8,10-14,16-17,21H,9,15H2,1H3/t16-,17-/m1/s1. The van der Waals surface area contributed by atoms with Gasteiger partial charge in [0.1, 0.15) is 0 Å². The Balaban J connectivity index is 2.14. The van der Waals surface area contributed by atoms with Gasteiger partial charge in [0.2, 0.25) is 0 Å². The molecule has 0 aromatic heterocycles. The Morgan fingerprint density at radius 2 is 1.38 bits per heavy atom. The fraction of sp³-hybridized carbons (Fsp3) is 0.286. The van der Waals surface area contributed by atoms with Gasteiger partial charge in [0, 0.05) is 5.92 Å². The van der Waals surface area contributed by atoms with Crippen LogP contribution in [0.4, 0.5) is 0 Å². The molecule has 8 heteroatoms. The Kier molecular flexibility index (Phi) is 6.24. The van der Waals surface area contributed by atoms with Gasteiger partial charge in [-0.2, -0.15) is 0 Å². The lowest BCUT2D eigenvalue weighted by Gasteiger charge is -2.29. The molecule has 3 rings (SSSR count). The SMILES string of the molecule is COC(=O)[C@@H]1CC=C[C@@H](C(S(=O)(=O)c2ccccc2)S(=O)(=O)c2ccccc2)C1. The molecule has 0 spiro atoms. The molecule has 0 N–H and O–H groups in total. The number of sulfone groups is 2. The molecule has 2 aromatic carbocycles. The molecule has 0 fully saturated rings. The van der Waals surface area contributed by atoms with Gasteiger partial charge >= 0.3 is 5.97 Å². The lowest BCUT2D eigenvalue weighted by molar-refractivity contribution is -0.146. The fourth-order valence-electron chi connectivity index (χ4n) is 3.60. The van der Waals surface area contributed by atoms with E-state index in [1.165, 1.54) is 31.4 Å². The molecule has 0 radical (unpaired) electrons. The van der Waals surface area contributed by atoms with Gasteiger partial charge in [-0.3, -0.25) is 4.79 Å². The van der Waals surface area contributed by atoms with Crippen molar-refractivity contribution in [3.05, 3.63) is 72.8 Å². The van der Waals surface area contributed by atoms with E-state index < -0.39 is 42.1 Å². The number of hydrogen-bond donors (Lipinski definition) is 0. The third-order valence-electron chi connectivity index (χ3n) is 5.00. The number of allylic oxidation sites excluding steroid dienone is 2. The molecule has 29 heavy (non-hydrogen) atoms. The zero-order chi connectivity index (χ0) is 21.1. The zero-order valence-corrected chi connectivity index (χ0v) is 17.5. The van der Waals surface area contributed by atoms with Gasteiger partial charge in [0.05, 0.1) is 22.8 Å². The van der Waals surface area contributed by atoms with Gasteiger partial charge in [0.15, 0.2) is 24.3 Å². The highest BCUT2D eigenvalue weighted by Gasteiger charge is 2.46. The van der Waals surface area contributed by atoms with E-state index in [9.17, 15) is 21.6 Å². The number of benzene rings is 2. The molecule has 0 saturated carbocycles. The summed E-state index contributed by atoms with van der Waals surface area (Å²) in [5.41, 5.74) is 0. The summed E-state index contributed by atoms with van der Waals surface area (Å²) in [5, 5.41) is 0. The second-order valence-electron chi connectivity index (χ2n) is 6.87. The summed E-state index contributed by atoms with van der Waals surface area (Å²) in [5.74, 6) is -1.95. The Morgan fingerprint density at radius 1 is 0.897 bits per heavy atom. The number of esters is 1. The Bertz CT molecular complexity index is 1020. The highest BCUT2D eigenvalue weighted by atomic mass is 32.3. The number of rotatable bonds is 6. The number of methoxy groups -OCH3 is 1.